The Morgan fingerprint density at radius 3 is 2.42 bits per heavy atom. The van der Waals surface area contributed by atoms with Crippen LogP contribution in [0.1, 0.15) is 30.6 Å². The zero-order valence-corrected chi connectivity index (χ0v) is 11.4. The Morgan fingerprint density at radius 1 is 1.26 bits per heavy atom. The minimum absolute atomic E-state index is 0.0398. The summed E-state index contributed by atoms with van der Waals surface area (Å²) in [5.41, 5.74) is 0.443. The van der Waals surface area contributed by atoms with Crippen LogP contribution in [-0.4, -0.2) is 31.6 Å². The minimum atomic E-state index is -0.402. The molecule has 1 aromatic rings. The molecule has 1 aromatic carbocycles. The predicted octanol–water partition coefficient (Wildman–Crippen LogP) is 1.77. The third-order valence-electron chi connectivity index (χ3n) is 2.67. The van der Waals surface area contributed by atoms with E-state index in [0.717, 1.165) is 6.42 Å². The lowest BCUT2D eigenvalue weighted by atomic mass is 10.2. The molecule has 0 bridgehead atoms. The van der Waals surface area contributed by atoms with Crippen molar-refractivity contribution in [1.82, 2.24) is 5.32 Å². The van der Waals surface area contributed by atoms with E-state index in [1.165, 1.54) is 7.11 Å². The average molecular weight is 265 g/mol. The number of ether oxygens (including phenoxy) is 2. The molecular weight excluding hydrogens is 246 g/mol. The van der Waals surface area contributed by atoms with E-state index in [9.17, 15) is 9.59 Å². The van der Waals surface area contributed by atoms with Crippen LogP contribution in [-0.2, 0) is 9.53 Å². The van der Waals surface area contributed by atoms with Gasteiger partial charge in [-0.1, -0.05) is 6.92 Å². The third-order valence-corrected chi connectivity index (χ3v) is 2.67. The highest BCUT2D eigenvalue weighted by Crippen LogP contribution is 2.12. The van der Waals surface area contributed by atoms with Gasteiger partial charge in [-0.25, -0.2) is 4.79 Å². The van der Waals surface area contributed by atoms with E-state index in [1.54, 1.807) is 24.3 Å². The molecule has 0 aliphatic rings. The van der Waals surface area contributed by atoms with Crippen molar-refractivity contribution in [1.29, 1.82) is 0 Å². The molecule has 19 heavy (non-hydrogen) atoms. The summed E-state index contributed by atoms with van der Waals surface area (Å²) < 4.78 is 9.90. The van der Waals surface area contributed by atoms with Crippen LogP contribution in [0.25, 0.3) is 0 Å². The van der Waals surface area contributed by atoms with Crippen LogP contribution >= 0.6 is 0 Å². The van der Waals surface area contributed by atoms with E-state index in [2.05, 4.69) is 10.1 Å². The lowest BCUT2D eigenvalue weighted by molar-refractivity contribution is -0.123. The van der Waals surface area contributed by atoms with Crippen molar-refractivity contribution in [2.45, 2.75) is 26.3 Å². The second kappa shape index (κ2) is 7.41. The van der Waals surface area contributed by atoms with E-state index in [0.29, 0.717) is 11.3 Å². The molecule has 0 aromatic heterocycles. The Kier molecular flexibility index (Phi) is 5.85. The lowest BCUT2D eigenvalue weighted by Crippen LogP contribution is -2.35. The van der Waals surface area contributed by atoms with Crippen LogP contribution in [0.2, 0.25) is 0 Å². The molecule has 0 fully saturated rings. The molecule has 1 N–H and O–H groups in total. The van der Waals surface area contributed by atoms with Crippen molar-refractivity contribution in [3.63, 3.8) is 0 Å². The van der Waals surface area contributed by atoms with Crippen LogP contribution in [0.5, 0.6) is 5.75 Å². The minimum Gasteiger partial charge on any atom is -0.484 e. The number of rotatable bonds is 6. The molecule has 0 aliphatic carbocycles. The number of carbonyl (C=O) groups excluding carboxylic acids is 2. The molecule has 1 amide bonds. The van der Waals surface area contributed by atoms with Crippen molar-refractivity contribution in [2.24, 2.45) is 0 Å². The van der Waals surface area contributed by atoms with Crippen LogP contribution < -0.4 is 10.1 Å². The standard InChI is InChI=1S/C14H19NO4/c1-4-10(2)15-13(16)9-19-12-7-5-11(6-8-12)14(17)18-3/h5-8,10H,4,9H2,1-3H3,(H,15,16)/t10-/m0/s1. The van der Waals surface area contributed by atoms with Crippen molar-refractivity contribution in [3.05, 3.63) is 29.8 Å². The highest BCUT2D eigenvalue weighted by atomic mass is 16.5. The normalized spacial score (nSPS) is 11.5. The Balaban J connectivity index is 2.46. The Labute approximate surface area is 112 Å². The topological polar surface area (TPSA) is 64.6 Å². The number of hydrogen-bond donors (Lipinski definition) is 1. The smallest absolute Gasteiger partial charge is 0.337 e. The van der Waals surface area contributed by atoms with E-state index in [1.807, 2.05) is 13.8 Å². The summed E-state index contributed by atoms with van der Waals surface area (Å²) >= 11 is 0. The van der Waals surface area contributed by atoms with Gasteiger partial charge in [0.1, 0.15) is 5.75 Å². The second-order valence-corrected chi connectivity index (χ2v) is 4.18. The van der Waals surface area contributed by atoms with Gasteiger partial charge in [0.2, 0.25) is 0 Å². The number of hydrogen-bond acceptors (Lipinski definition) is 4. The monoisotopic (exact) mass is 265 g/mol. The number of benzene rings is 1. The van der Waals surface area contributed by atoms with E-state index in [4.69, 9.17) is 4.74 Å². The van der Waals surface area contributed by atoms with Crippen LogP contribution in [0.3, 0.4) is 0 Å². The molecule has 0 saturated carbocycles. The van der Waals surface area contributed by atoms with Crippen molar-refractivity contribution in [2.75, 3.05) is 13.7 Å². The molecule has 0 spiro atoms. The summed E-state index contributed by atoms with van der Waals surface area (Å²) in [4.78, 5) is 22.7. The van der Waals surface area contributed by atoms with E-state index >= 15 is 0 Å². The fraction of sp³-hybridized carbons (Fsp3) is 0.429. The predicted molar refractivity (Wildman–Crippen MR) is 71.2 cm³/mol. The van der Waals surface area contributed by atoms with Crippen molar-refractivity contribution >= 4 is 11.9 Å². The van der Waals surface area contributed by atoms with Gasteiger partial charge in [-0.15, -0.1) is 0 Å². The number of carbonyl (C=O) groups is 2. The number of nitrogens with one attached hydrogen (secondary N) is 1. The first-order chi connectivity index (χ1) is 9.06. The molecule has 0 radical (unpaired) electrons. The van der Waals surface area contributed by atoms with Gasteiger partial charge >= 0.3 is 5.97 Å². The molecule has 0 unspecified atom stereocenters. The van der Waals surface area contributed by atoms with Crippen molar-refractivity contribution in [3.8, 4) is 5.75 Å². The van der Waals surface area contributed by atoms with Gasteiger partial charge in [-0.05, 0) is 37.6 Å². The quantitative estimate of drug-likeness (QED) is 0.796. The highest BCUT2D eigenvalue weighted by molar-refractivity contribution is 5.89. The first-order valence-corrected chi connectivity index (χ1v) is 6.17. The van der Waals surface area contributed by atoms with Crippen LogP contribution in [0, 0.1) is 0 Å². The summed E-state index contributed by atoms with van der Waals surface area (Å²) in [7, 11) is 1.33. The molecular formula is C14H19NO4. The number of amides is 1. The fourth-order valence-corrected chi connectivity index (χ4v) is 1.37. The van der Waals surface area contributed by atoms with E-state index in [-0.39, 0.29) is 18.6 Å². The summed E-state index contributed by atoms with van der Waals surface area (Å²) in [6, 6.07) is 6.57. The number of esters is 1. The van der Waals surface area contributed by atoms with Gasteiger partial charge in [0.15, 0.2) is 6.61 Å². The van der Waals surface area contributed by atoms with Gasteiger partial charge < -0.3 is 14.8 Å². The first kappa shape index (κ1) is 15.0. The summed E-state index contributed by atoms with van der Waals surface area (Å²) in [5, 5.41) is 2.80. The molecule has 0 saturated heterocycles. The number of methoxy groups -OCH3 is 1. The maximum Gasteiger partial charge on any atom is 0.337 e. The Hall–Kier alpha value is -2.04. The zero-order valence-electron chi connectivity index (χ0n) is 11.4. The van der Waals surface area contributed by atoms with Crippen LogP contribution in [0.15, 0.2) is 24.3 Å². The summed E-state index contributed by atoms with van der Waals surface area (Å²) in [6.45, 7) is 3.89. The largest absolute Gasteiger partial charge is 0.484 e. The summed E-state index contributed by atoms with van der Waals surface area (Å²) in [6.07, 6.45) is 0.875. The van der Waals surface area contributed by atoms with Gasteiger partial charge in [0, 0.05) is 6.04 Å². The van der Waals surface area contributed by atoms with Gasteiger partial charge in [0.05, 0.1) is 12.7 Å². The van der Waals surface area contributed by atoms with E-state index < -0.39 is 5.97 Å². The highest BCUT2D eigenvalue weighted by Gasteiger charge is 2.07. The third kappa shape index (κ3) is 4.99. The second-order valence-electron chi connectivity index (χ2n) is 4.18. The molecule has 104 valence electrons. The molecule has 5 nitrogen and oxygen atoms in total. The molecule has 5 heteroatoms. The molecule has 0 aliphatic heterocycles. The maximum atomic E-state index is 11.5. The van der Waals surface area contributed by atoms with Crippen LogP contribution in [0.4, 0.5) is 0 Å². The first-order valence-electron chi connectivity index (χ1n) is 6.17. The molecule has 0 heterocycles. The Morgan fingerprint density at radius 2 is 1.89 bits per heavy atom. The fourth-order valence-electron chi connectivity index (χ4n) is 1.37. The molecule has 1 atom stereocenters. The zero-order chi connectivity index (χ0) is 14.3. The Bertz CT molecular complexity index is 428. The van der Waals surface area contributed by atoms with Gasteiger partial charge in [-0.3, -0.25) is 4.79 Å². The average Bonchev–Trinajstić information content (AvgIpc) is 2.44. The molecule has 1 rings (SSSR count). The van der Waals surface area contributed by atoms with Crippen molar-refractivity contribution < 1.29 is 19.1 Å². The summed E-state index contributed by atoms with van der Waals surface area (Å²) in [5.74, 6) is -0.0283. The van der Waals surface area contributed by atoms with Gasteiger partial charge in [-0.2, -0.15) is 0 Å². The van der Waals surface area contributed by atoms with Gasteiger partial charge in [0.25, 0.3) is 5.91 Å². The maximum absolute atomic E-state index is 11.5. The lowest BCUT2D eigenvalue weighted by Gasteiger charge is -2.12. The SMILES string of the molecule is CC[C@H](C)NC(=O)COc1ccc(C(=O)OC)cc1.